The van der Waals surface area contributed by atoms with Crippen LogP contribution in [0.25, 0.3) is 6.08 Å². The SMILES string of the molecule is COCC(C)NC(=O)C=Cc1ccccc1Br. The molecule has 3 nitrogen and oxygen atoms in total. The minimum atomic E-state index is -0.120. The highest BCUT2D eigenvalue weighted by molar-refractivity contribution is 9.10. The van der Waals surface area contributed by atoms with Crippen molar-refractivity contribution >= 4 is 27.9 Å². The van der Waals surface area contributed by atoms with Gasteiger partial charge in [-0.15, -0.1) is 0 Å². The second-order valence-corrected chi connectivity index (χ2v) is 4.57. The molecule has 1 amide bonds. The van der Waals surface area contributed by atoms with Gasteiger partial charge in [0.25, 0.3) is 0 Å². The minimum absolute atomic E-state index is 0.0105. The topological polar surface area (TPSA) is 38.3 Å². The molecular formula is C13H16BrNO2. The van der Waals surface area contributed by atoms with Crippen molar-refractivity contribution in [3.63, 3.8) is 0 Å². The lowest BCUT2D eigenvalue weighted by molar-refractivity contribution is -0.117. The molecule has 0 aliphatic rings. The molecule has 1 aromatic rings. The summed E-state index contributed by atoms with van der Waals surface area (Å²) >= 11 is 3.42. The van der Waals surface area contributed by atoms with E-state index in [-0.39, 0.29) is 11.9 Å². The van der Waals surface area contributed by atoms with Crippen molar-refractivity contribution in [1.29, 1.82) is 0 Å². The van der Waals surface area contributed by atoms with E-state index in [9.17, 15) is 4.79 Å². The van der Waals surface area contributed by atoms with Gasteiger partial charge in [0.1, 0.15) is 0 Å². The predicted octanol–water partition coefficient (Wildman–Crippen LogP) is 2.61. The summed E-state index contributed by atoms with van der Waals surface area (Å²) in [6, 6.07) is 7.74. The van der Waals surface area contributed by atoms with E-state index in [1.807, 2.05) is 31.2 Å². The summed E-state index contributed by atoms with van der Waals surface area (Å²) in [5, 5.41) is 2.80. The second kappa shape index (κ2) is 7.25. The third-order valence-electron chi connectivity index (χ3n) is 2.12. The number of hydrogen-bond donors (Lipinski definition) is 1. The summed E-state index contributed by atoms with van der Waals surface area (Å²) in [5.74, 6) is -0.120. The minimum Gasteiger partial charge on any atom is -0.383 e. The molecule has 0 aliphatic heterocycles. The van der Waals surface area contributed by atoms with Gasteiger partial charge < -0.3 is 10.1 Å². The van der Waals surface area contributed by atoms with Gasteiger partial charge >= 0.3 is 0 Å². The molecule has 0 saturated carbocycles. The Morgan fingerprint density at radius 3 is 2.88 bits per heavy atom. The number of methoxy groups -OCH3 is 1. The molecule has 1 unspecified atom stereocenters. The number of rotatable bonds is 5. The molecule has 17 heavy (non-hydrogen) atoms. The largest absolute Gasteiger partial charge is 0.383 e. The van der Waals surface area contributed by atoms with Gasteiger partial charge in [0, 0.05) is 23.7 Å². The zero-order chi connectivity index (χ0) is 12.7. The van der Waals surface area contributed by atoms with Crippen molar-refractivity contribution in [3.8, 4) is 0 Å². The summed E-state index contributed by atoms with van der Waals surface area (Å²) < 4.78 is 5.91. The lowest BCUT2D eigenvalue weighted by Crippen LogP contribution is -2.34. The fourth-order valence-electron chi connectivity index (χ4n) is 1.36. The van der Waals surface area contributed by atoms with Crippen LogP contribution in [0.5, 0.6) is 0 Å². The smallest absolute Gasteiger partial charge is 0.244 e. The molecule has 1 atom stereocenters. The van der Waals surface area contributed by atoms with Crippen LogP contribution in [0, 0.1) is 0 Å². The average molecular weight is 298 g/mol. The number of ether oxygens (including phenoxy) is 1. The average Bonchev–Trinajstić information content (AvgIpc) is 2.28. The van der Waals surface area contributed by atoms with Crippen molar-refractivity contribution in [2.45, 2.75) is 13.0 Å². The van der Waals surface area contributed by atoms with Gasteiger partial charge in [0.2, 0.25) is 5.91 Å². The predicted molar refractivity (Wildman–Crippen MR) is 72.7 cm³/mol. The molecule has 0 bridgehead atoms. The van der Waals surface area contributed by atoms with Crippen LogP contribution in [0.2, 0.25) is 0 Å². The van der Waals surface area contributed by atoms with Gasteiger partial charge in [-0.25, -0.2) is 0 Å². The van der Waals surface area contributed by atoms with Crippen molar-refractivity contribution in [1.82, 2.24) is 5.32 Å². The van der Waals surface area contributed by atoms with E-state index in [1.54, 1.807) is 13.2 Å². The van der Waals surface area contributed by atoms with Crippen LogP contribution in [-0.4, -0.2) is 25.7 Å². The van der Waals surface area contributed by atoms with Crippen LogP contribution >= 0.6 is 15.9 Å². The van der Waals surface area contributed by atoms with Crippen LogP contribution in [0.1, 0.15) is 12.5 Å². The number of benzene rings is 1. The second-order valence-electron chi connectivity index (χ2n) is 3.72. The van der Waals surface area contributed by atoms with Gasteiger partial charge in [-0.3, -0.25) is 4.79 Å². The van der Waals surface area contributed by atoms with Crippen LogP contribution in [0.3, 0.4) is 0 Å². The monoisotopic (exact) mass is 297 g/mol. The Kier molecular flexibility index (Phi) is 5.94. The van der Waals surface area contributed by atoms with Gasteiger partial charge in [-0.05, 0) is 24.6 Å². The summed E-state index contributed by atoms with van der Waals surface area (Å²) in [5.41, 5.74) is 0.974. The molecule has 0 aromatic heterocycles. The first-order valence-electron chi connectivity index (χ1n) is 5.35. The highest BCUT2D eigenvalue weighted by Gasteiger charge is 2.03. The molecule has 0 aliphatic carbocycles. The lowest BCUT2D eigenvalue weighted by Gasteiger charge is -2.10. The van der Waals surface area contributed by atoms with Gasteiger partial charge in [0.15, 0.2) is 0 Å². The van der Waals surface area contributed by atoms with E-state index < -0.39 is 0 Å². The first-order chi connectivity index (χ1) is 8.13. The van der Waals surface area contributed by atoms with Crippen LogP contribution in [-0.2, 0) is 9.53 Å². The Bertz CT molecular complexity index is 404. The quantitative estimate of drug-likeness (QED) is 0.849. The van der Waals surface area contributed by atoms with E-state index in [2.05, 4.69) is 21.2 Å². The summed E-state index contributed by atoms with van der Waals surface area (Å²) in [6.45, 7) is 2.41. The summed E-state index contributed by atoms with van der Waals surface area (Å²) in [7, 11) is 1.61. The van der Waals surface area contributed by atoms with E-state index in [0.717, 1.165) is 10.0 Å². The molecular weight excluding hydrogens is 282 g/mol. The standard InChI is InChI=1S/C13H16BrNO2/c1-10(9-17-2)15-13(16)8-7-11-5-3-4-6-12(11)14/h3-8,10H,9H2,1-2H3,(H,15,16). The molecule has 0 saturated heterocycles. The molecule has 4 heteroatoms. The molecule has 92 valence electrons. The lowest BCUT2D eigenvalue weighted by atomic mass is 10.2. The van der Waals surface area contributed by atoms with Crippen molar-refractivity contribution in [2.75, 3.05) is 13.7 Å². The fraction of sp³-hybridized carbons (Fsp3) is 0.308. The maximum atomic E-state index is 11.5. The number of halogens is 1. The van der Waals surface area contributed by atoms with Gasteiger partial charge in [-0.2, -0.15) is 0 Å². The van der Waals surface area contributed by atoms with Crippen molar-refractivity contribution < 1.29 is 9.53 Å². The Balaban J connectivity index is 2.54. The first kappa shape index (κ1) is 13.9. The van der Waals surface area contributed by atoms with E-state index >= 15 is 0 Å². The Morgan fingerprint density at radius 1 is 1.53 bits per heavy atom. The van der Waals surface area contributed by atoms with E-state index in [0.29, 0.717) is 6.61 Å². The van der Waals surface area contributed by atoms with E-state index in [1.165, 1.54) is 6.08 Å². The Hall–Kier alpha value is -1.13. The molecule has 0 radical (unpaired) electrons. The number of amides is 1. The van der Waals surface area contributed by atoms with Gasteiger partial charge in [-0.1, -0.05) is 34.1 Å². The molecule has 0 spiro atoms. The maximum absolute atomic E-state index is 11.5. The normalized spacial score (nSPS) is 12.6. The highest BCUT2D eigenvalue weighted by atomic mass is 79.9. The van der Waals surface area contributed by atoms with Gasteiger partial charge in [0.05, 0.1) is 6.61 Å². The van der Waals surface area contributed by atoms with Crippen LogP contribution in [0.15, 0.2) is 34.8 Å². The number of carbonyl (C=O) groups is 1. The summed E-state index contributed by atoms with van der Waals surface area (Å²) in [4.78, 5) is 11.5. The first-order valence-corrected chi connectivity index (χ1v) is 6.15. The van der Waals surface area contributed by atoms with Crippen LogP contribution < -0.4 is 5.32 Å². The Labute approximate surface area is 110 Å². The fourth-order valence-corrected chi connectivity index (χ4v) is 1.78. The third-order valence-corrected chi connectivity index (χ3v) is 2.85. The molecule has 0 fully saturated rings. The number of carbonyl (C=O) groups excluding carboxylic acids is 1. The molecule has 0 heterocycles. The number of nitrogens with one attached hydrogen (secondary N) is 1. The van der Waals surface area contributed by atoms with Crippen molar-refractivity contribution in [2.24, 2.45) is 0 Å². The zero-order valence-electron chi connectivity index (χ0n) is 9.94. The van der Waals surface area contributed by atoms with Crippen LogP contribution in [0.4, 0.5) is 0 Å². The molecule has 1 rings (SSSR count). The van der Waals surface area contributed by atoms with E-state index in [4.69, 9.17) is 4.74 Å². The maximum Gasteiger partial charge on any atom is 0.244 e. The number of hydrogen-bond acceptors (Lipinski definition) is 2. The highest BCUT2D eigenvalue weighted by Crippen LogP contribution is 2.16. The third kappa shape index (κ3) is 5.15. The van der Waals surface area contributed by atoms with Crippen molar-refractivity contribution in [3.05, 3.63) is 40.4 Å². The molecule has 1 aromatic carbocycles. The zero-order valence-corrected chi connectivity index (χ0v) is 11.5. The molecule has 1 N–H and O–H groups in total. The Morgan fingerprint density at radius 2 is 2.24 bits per heavy atom. The summed E-state index contributed by atoms with van der Waals surface area (Å²) in [6.07, 6.45) is 3.30.